The number of hydrogen-bond acceptors (Lipinski definition) is 4. The topological polar surface area (TPSA) is 43.6 Å². The molecule has 2 aromatic carbocycles. The minimum Gasteiger partial charge on any atom is -0.297 e. The van der Waals surface area contributed by atoms with E-state index in [1.807, 2.05) is 24.4 Å². The predicted octanol–water partition coefficient (Wildman–Crippen LogP) is 5.80. The minimum absolute atomic E-state index is 0.549. The number of aromatic nitrogens is 4. The Bertz CT molecular complexity index is 1040. The van der Waals surface area contributed by atoms with Crippen LogP contribution in [0.25, 0.3) is 11.4 Å². The summed E-state index contributed by atoms with van der Waals surface area (Å²) in [4.78, 5) is 4.25. The van der Waals surface area contributed by atoms with Crippen molar-refractivity contribution >= 4 is 11.8 Å². The number of pyridine rings is 1. The Morgan fingerprint density at radius 3 is 2.34 bits per heavy atom. The van der Waals surface area contributed by atoms with Crippen LogP contribution in [0.4, 0.5) is 0 Å². The first-order valence-corrected chi connectivity index (χ1v) is 10.8. The lowest BCUT2D eigenvalue weighted by Gasteiger charge is -2.11. The van der Waals surface area contributed by atoms with Crippen LogP contribution in [0.2, 0.25) is 0 Å². The first-order chi connectivity index (χ1) is 14.2. The molecule has 0 radical (unpaired) electrons. The van der Waals surface area contributed by atoms with Gasteiger partial charge in [-0.25, -0.2) is 0 Å². The summed E-state index contributed by atoms with van der Waals surface area (Å²) in [5.74, 6) is 2.26. The summed E-state index contributed by atoms with van der Waals surface area (Å²) in [6.45, 7) is 5.16. The maximum absolute atomic E-state index is 4.50. The van der Waals surface area contributed by atoms with Gasteiger partial charge in [-0.15, -0.1) is 10.2 Å². The van der Waals surface area contributed by atoms with Crippen molar-refractivity contribution in [1.29, 1.82) is 0 Å². The predicted molar refractivity (Wildman–Crippen MR) is 119 cm³/mol. The van der Waals surface area contributed by atoms with E-state index in [0.29, 0.717) is 5.92 Å². The maximum Gasteiger partial charge on any atom is 0.192 e. The van der Waals surface area contributed by atoms with Crippen molar-refractivity contribution in [3.63, 3.8) is 0 Å². The fraction of sp³-hybridized carbons (Fsp3) is 0.208. The van der Waals surface area contributed by atoms with E-state index >= 15 is 0 Å². The van der Waals surface area contributed by atoms with Crippen LogP contribution < -0.4 is 0 Å². The summed E-state index contributed by atoms with van der Waals surface area (Å²) in [6.07, 6.45) is 3.61. The van der Waals surface area contributed by atoms with Crippen molar-refractivity contribution in [3.05, 3.63) is 95.8 Å². The van der Waals surface area contributed by atoms with E-state index in [2.05, 4.69) is 82.1 Å². The van der Waals surface area contributed by atoms with E-state index in [1.54, 1.807) is 18.0 Å². The van der Waals surface area contributed by atoms with E-state index in [4.69, 9.17) is 0 Å². The van der Waals surface area contributed by atoms with Gasteiger partial charge in [0, 0.05) is 23.7 Å². The molecule has 0 saturated carbocycles. The van der Waals surface area contributed by atoms with Gasteiger partial charge in [-0.1, -0.05) is 80.2 Å². The van der Waals surface area contributed by atoms with Crippen LogP contribution in [-0.4, -0.2) is 19.7 Å². The third-order valence-electron chi connectivity index (χ3n) is 4.83. The van der Waals surface area contributed by atoms with Gasteiger partial charge in [0.05, 0.1) is 6.54 Å². The highest BCUT2D eigenvalue weighted by Crippen LogP contribution is 2.27. The van der Waals surface area contributed by atoms with Crippen molar-refractivity contribution in [2.75, 3.05) is 0 Å². The Labute approximate surface area is 176 Å². The molecule has 2 aromatic heterocycles. The molecule has 4 nitrogen and oxygen atoms in total. The molecule has 0 aliphatic rings. The van der Waals surface area contributed by atoms with Gasteiger partial charge >= 0.3 is 0 Å². The summed E-state index contributed by atoms with van der Waals surface area (Å²) < 4.78 is 2.18. The second-order valence-corrected chi connectivity index (χ2v) is 8.25. The van der Waals surface area contributed by atoms with E-state index < -0.39 is 0 Å². The van der Waals surface area contributed by atoms with Gasteiger partial charge in [-0.2, -0.15) is 0 Å². The molecule has 0 aliphatic heterocycles. The fourth-order valence-corrected chi connectivity index (χ4v) is 4.05. The standard InChI is InChI=1S/C24H24N4S/c1-18(2)21-12-10-20(11-13-21)17-29-24-27-26-23(22-9-6-14-25-15-22)28(24)16-19-7-4-3-5-8-19/h3-15,18H,16-17H2,1-2H3. The SMILES string of the molecule is CC(C)c1ccc(CSc2nnc(-c3cccnc3)n2Cc2ccccc2)cc1. The average molecular weight is 401 g/mol. The molecule has 0 fully saturated rings. The molecule has 0 saturated heterocycles. The highest BCUT2D eigenvalue weighted by atomic mass is 32.2. The number of benzene rings is 2. The summed E-state index contributed by atoms with van der Waals surface area (Å²) in [5, 5.41) is 9.90. The van der Waals surface area contributed by atoms with Gasteiger partial charge in [-0.3, -0.25) is 9.55 Å². The van der Waals surface area contributed by atoms with Gasteiger partial charge in [0.15, 0.2) is 11.0 Å². The quantitative estimate of drug-likeness (QED) is 0.368. The molecule has 0 aliphatic carbocycles. The third kappa shape index (κ3) is 4.74. The Morgan fingerprint density at radius 2 is 1.66 bits per heavy atom. The second-order valence-electron chi connectivity index (χ2n) is 7.30. The Balaban J connectivity index is 1.59. The van der Waals surface area contributed by atoms with Crippen molar-refractivity contribution in [1.82, 2.24) is 19.7 Å². The number of rotatable bonds is 7. The third-order valence-corrected chi connectivity index (χ3v) is 5.87. The van der Waals surface area contributed by atoms with Crippen LogP contribution in [0.1, 0.15) is 36.5 Å². The first-order valence-electron chi connectivity index (χ1n) is 9.80. The molecule has 0 spiro atoms. The Kier molecular flexibility index (Phi) is 6.06. The zero-order valence-corrected chi connectivity index (χ0v) is 17.5. The van der Waals surface area contributed by atoms with Crippen LogP contribution in [0.15, 0.2) is 84.3 Å². The fourth-order valence-electron chi connectivity index (χ4n) is 3.16. The van der Waals surface area contributed by atoms with Crippen molar-refractivity contribution in [2.45, 2.75) is 37.2 Å². The number of nitrogens with zero attached hydrogens (tertiary/aromatic N) is 4. The molecule has 0 N–H and O–H groups in total. The molecule has 0 bridgehead atoms. The van der Waals surface area contributed by atoms with Crippen LogP contribution in [0, 0.1) is 0 Å². The molecule has 4 rings (SSSR count). The normalized spacial score (nSPS) is 11.1. The van der Waals surface area contributed by atoms with E-state index in [-0.39, 0.29) is 0 Å². The van der Waals surface area contributed by atoms with Crippen molar-refractivity contribution in [3.8, 4) is 11.4 Å². The van der Waals surface area contributed by atoms with Crippen LogP contribution in [0.5, 0.6) is 0 Å². The van der Waals surface area contributed by atoms with Gasteiger partial charge in [0.25, 0.3) is 0 Å². The summed E-state index contributed by atoms with van der Waals surface area (Å²) in [6, 6.07) is 23.2. The highest BCUT2D eigenvalue weighted by molar-refractivity contribution is 7.98. The molecule has 0 amide bonds. The van der Waals surface area contributed by atoms with Gasteiger partial charge in [0.2, 0.25) is 0 Å². The number of hydrogen-bond donors (Lipinski definition) is 0. The van der Waals surface area contributed by atoms with Crippen LogP contribution >= 0.6 is 11.8 Å². The largest absolute Gasteiger partial charge is 0.297 e. The van der Waals surface area contributed by atoms with Crippen molar-refractivity contribution < 1.29 is 0 Å². The maximum atomic E-state index is 4.50. The molecule has 29 heavy (non-hydrogen) atoms. The van der Waals surface area contributed by atoms with Gasteiger partial charge < -0.3 is 0 Å². The zero-order chi connectivity index (χ0) is 20.1. The molecular weight excluding hydrogens is 376 g/mol. The van der Waals surface area contributed by atoms with Crippen LogP contribution in [0.3, 0.4) is 0 Å². The lowest BCUT2D eigenvalue weighted by Crippen LogP contribution is -2.04. The number of thioether (sulfide) groups is 1. The molecule has 0 unspecified atom stereocenters. The zero-order valence-electron chi connectivity index (χ0n) is 16.7. The molecule has 4 aromatic rings. The van der Waals surface area contributed by atoms with E-state index in [0.717, 1.165) is 28.8 Å². The Morgan fingerprint density at radius 1 is 0.862 bits per heavy atom. The van der Waals surface area contributed by atoms with Crippen molar-refractivity contribution in [2.24, 2.45) is 0 Å². The molecular formula is C24H24N4S. The van der Waals surface area contributed by atoms with Gasteiger partial charge in [0.1, 0.15) is 0 Å². The minimum atomic E-state index is 0.549. The monoisotopic (exact) mass is 400 g/mol. The molecule has 0 atom stereocenters. The average Bonchev–Trinajstić information content (AvgIpc) is 3.16. The smallest absolute Gasteiger partial charge is 0.192 e. The summed E-state index contributed by atoms with van der Waals surface area (Å²) >= 11 is 1.72. The molecule has 5 heteroatoms. The van der Waals surface area contributed by atoms with Gasteiger partial charge in [-0.05, 0) is 34.7 Å². The second kappa shape index (κ2) is 9.05. The van der Waals surface area contributed by atoms with E-state index in [1.165, 1.54) is 16.7 Å². The van der Waals surface area contributed by atoms with Crippen LogP contribution in [-0.2, 0) is 12.3 Å². The molecule has 146 valence electrons. The lowest BCUT2D eigenvalue weighted by molar-refractivity contribution is 0.714. The highest BCUT2D eigenvalue weighted by Gasteiger charge is 2.15. The van der Waals surface area contributed by atoms with E-state index in [9.17, 15) is 0 Å². The first kappa shape index (κ1) is 19.4. The summed E-state index contributed by atoms with van der Waals surface area (Å²) in [5.41, 5.74) is 4.85. The molecule has 2 heterocycles. The lowest BCUT2D eigenvalue weighted by atomic mass is 10.0. The Hall–Kier alpha value is -2.92. The summed E-state index contributed by atoms with van der Waals surface area (Å²) in [7, 11) is 0.